The number of carbonyl (C=O) groups excluding carboxylic acids is 2. The van der Waals surface area contributed by atoms with E-state index in [9.17, 15) is 9.59 Å². The Hall–Kier alpha value is -3.21. The first-order chi connectivity index (χ1) is 13.8. The fourth-order valence-corrected chi connectivity index (χ4v) is 3.48. The number of aromatic nitrogens is 1. The molecule has 3 rings (SSSR count). The minimum atomic E-state index is -0.479. The molecule has 0 aliphatic rings. The molecule has 3 aromatic rings. The lowest BCUT2D eigenvalue weighted by Crippen LogP contribution is -2.12. The molecule has 0 bridgehead atoms. The number of fused-ring (bicyclic) bond motifs is 1. The lowest BCUT2D eigenvalue weighted by Gasteiger charge is -2.15. The summed E-state index contributed by atoms with van der Waals surface area (Å²) >= 11 is 0. The Morgan fingerprint density at radius 2 is 1.79 bits per heavy atom. The first kappa shape index (κ1) is 20.5. The number of hydrogen-bond donors (Lipinski definition) is 1. The Balaban J connectivity index is 1.99. The van der Waals surface area contributed by atoms with Crippen LogP contribution in [0.15, 0.2) is 36.5 Å². The smallest absolute Gasteiger partial charge is 0.248 e. The molecule has 150 valence electrons. The summed E-state index contributed by atoms with van der Waals surface area (Å²) in [6.45, 7) is 7.84. The van der Waals surface area contributed by atoms with Gasteiger partial charge in [-0.3, -0.25) is 14.6 Å². The highest BCUT2D eigenvalue weighted by molar-refractivity contribution is 6.00. The molecular formula is C24H26N2O3. The molecule has 0 aliphatic heterocycles. The highest BCUT2D eigenvalue weighted by Gasteiger charge is 2.14. The van der Waals surface area contributed by atoms with Gasteiger partial charge in [-0.25, -0.2) is 0 Å². The molecule has 0 fully saturated rings. The Labute approximate surface area is 170 Å². The zero-order valence-corrected chi connectivity index (χ0v) is 17.3. The molecule has 0 unspecified atom stereocenters. The molecule has 5 nitrogen and oxygen atoms in total. The Morgan fingerprint density at radius 1 is 1.03 bits per heavy atom. The maximum absolute atomic E-state index is 12.0. The lowest BCUT2D eigenvalue weighted by molar-refractivity contribution is -0.118. The summed E-state index contributed by atoms with van der Waals surface area (Å²) < 4.78 is 6.21. The van der Waals surface area contributed by atoms with Gasteiger partial charge in [0.1, 0.15) is 17.3 Å². The third kappa shape index (κ3) is 4.29. The van der Waals surface area contributed by atoms with E-state index in [0.29, 0.717) is 29.9 Å². The molecule has 0 aliphatic carbocycles. The van der Waals surface area contributed by atoms with Crippen molar-refractivity contribution in [2.75, 3.05) is 0 Å². The summed E-state index contributed by atoms with van der Waals surface area (Å²) in [7, 11) is 0. The number of nitrogens with zero attached hydrogens (tertiary/aromatic N) is 1. The molecule has 5 heteroatoms. The first-order valence-electron chi connectivity index (χ1n) is 9.79. The highest BCUT2D eigenvalue weighted by atomic mass is 16.5. The number of aryl methyl sites for hydroxylation is 1. The molecule has 1 heterocycles. The number of amides is 1. The van der Waals surface area contributed by atoms with E-state index in [1.54, 1.807) is 18.3 Å². The van der Waals surface area contributed by atoms with E-state index in [2.05, 4.69) is 4.98 Å². The minimum Gasteiger partial charge on any atom is -0.456 e. The van der Waals surface area contributed by atoms with Gasteiger partial charge in [0.05, 0.1) is 5.52 Å². The number of nitrogens with two attached hydrogens (primary N) is 1. The summed E-state index contributed by atoms with van der Waals surface area (Å²) in [5.41, 5.74) is 10.5. The largest absolute Gasteiger partial charge is 0.456 e. The number of Topliss-reactive ketones (excluding diaryl/α,β-unsaturated/α-hetero) is 1. The average molecular weight is 390 g/mol. The van der Waals surface area contributed by atoms with Crippen LogP contribution < -0.4 is 10.5 Å². The summed E-state index contributed by atoms with van der Waals surface area (Å²) in [6, 6.07) is 9.19. The van der Waals surface area contributed by atoms with E-state index >= 15 is 0 Å². The van der Waals surface area contributed by atoms with E-state index in [0.717, 1.165) is 39.6 Å². The summed E-state index contributed by atoms with van der Waals surface area (Å²) in [5, 5.41) is 0.728. The molecule has 0 atom stereocenters. The van der Waals surface area contributed by atoms with Gasteiger partial charge >= 0.3 is 0 Å². The Kier molecular flexibility index (Phi) is 5.97. The van der Waals surface area contributed by atoms with Crippen LogP contribution in [0.2, 0.25) is 0 Å². The van der Waals surface area contributed by atoms with Crippen molar-refractivity contribution in [1.82, 2.24) is 4.98 Å². The molecule has 0 saturated carbocycles. The second-order valence-electron chi connectivity index (χ2n) is 7.40. The molecule has 0 spiro atoms. The standard InChI is InChI=1S/C24H26N2O3/c1-5-6-18(27)12-17-7-8-22(16(4)15(17)3)29-23-9-10-26-21-11-14(2)19(24(25)28)13-20(21)23/h7-11,13H,5-6,12H2,1-4H3,(H2,25,28). The number of ketones is 1. The highest BCUT2D eigenvalue weighted by Crippen LogP contribution is 2.34. The molecule has 0 radical (unpaired) electrons. The van der Waals surface area contributed by atoms with Crippen molar-refractivity contribution in [1.29, 1.82) is 0 Å². The third-order valence-corrected chi connectivity index (χ3v) is 5.30. The quantitative estimate of drug-likeness (QED) is 0.618. The number of primary amides is 1. The second-order valence-corrected chi connectivity index (χ2v) is 7.40. The number of benzene rings is 2. The molecule has 1 aromatic heterocycles. The average Bonchev–Trinajstić information content (AvgIpc) is 2.67. The number of rotatable bonds is 7. The van der Waals surface area contributed by atoms with E-state index in [1.165, 1.54) is 0 Å². The van der Waals surface area contributed by atoms with Crippen LogP contribution in [0, 0.1) is 20.8 Å². The monoisotopic (exact) mass is 390 g/mol. The van der Waals surface area contributed by atoms with Crippen molar-refractivity contribution in [3.05, 3.63) is 64.3 Å². The lowest BCUT2D eigenvalue weighted by atomic mass is 9.97. The van der Waals surface area contributed by atoms with Crippen LogP contribution >= 0.6 is 0 Å². The topological polar surface area (TPSA) is 82.3 Å². The van der Waals surface area contributed by atoms with Gasteiger partial charge in [0.15, 0.2) is 0 Å². The predicted octanol–water partition coefficient (Wildman–Crippen LogP) is 4.96. The van der Waals surface area contributed by atoms with Gasteiger partial charge in [-0.05, 0) is 73.7 Å². The maximum Gasteiger partial charge on any atom is 0.248 e. The van der Waals surface area contributed by atoms with Gasteiger partial charge in [-0.1, -0.05) is 13.0 Å². The van der Waals surface area contributed by atoms with Gasteiger partial charge in [0, 0.05) is 30.0 Å². The predicted molar refractivity (Wildman–Crippen MR) is 115 cm³/mol. The van der Waals surface area contributed by atoms with Crippen molar-refractivity contribution in [3.63, 3.8) is 0 Å². The van der Waals surface area contributed by atoms with E-state index in [-0.39, 0.29) is 5.78 Å². The number of pyridine rings is 1. The first-order valence-corrected chi connectivity index (χ1v) is 9.79. The van der Waals surface area contributed by atoms with Gasteiger partial charge in [-0.2, -0.15) is 0 Å². The van der Waals surface area contributed by atoms with Crippen LogP contribution in [0.5, 0.6) is 11.5 Å². The van der Waals surface area contributed by atoms with E-state index in [4.69, 9.17) is 10.5 Å². The zero-order valence-electron chi connectivity index (χ0n) is 17.3. The van der Waals surface area contributed by atoms with E-state index in [1.807, 2.05) is 45.9 Å². The van der Waals surface area contributed by atoms with Crippen molar-refractivity contribution >= 4 is 22.6 Å². The maximum atomic E-state index is 12.0. The molecule has 0 saturated heterocycles. The summed E-state index contributed by atoms with van der Waals surface area (Å²) in [5.74, 6) is 1.09. The van der Waals surface area contributed by atoms with Crippen LogP contribution in [-0.4, -0.2) is 16.7 Å². The molecule has 2 aromatic carbocycles. The molecular weight excluding hydrogens is 364 g/mol. The zero-order chi connectivity index (χ0) is 21.1. The van der Waals surface area contributed by atoms with Crippen molar-refractivity contribution in [3.8, 4) is 11.5 Å². The number of hydrogen-bond acceptors (Lipinski definition) is 4. The van der Waals surface area contributed by atoms with Crippen molar-refractivity contribution in [2.24, 2.45) is 5.73 Å². The van der Waals surface area contributed by atoms with Gasteiger partial charge in [-0.15, -0.1) is 0 Å². The third-order valence-electron chi connectivity index (χ3n) is 5.30. The molecule has 29 heavy (non-hydrogen) atoms. The van der Waals surface area contributed by atoms with Crippen LogP contribution in [0.4, 0.5) is 0 Å². The normalized spacial score (nSPS) is 10.9. The van der Waals surface area contributed by atoms with Gasteiger partial charge < -0.3 is 10.5 Å². The molecule has 1 amide bonds. The fraction of sp³-hybridized carbons (Fsp3) is 0.292. The minimum absolute atomic E-state index is 0.248. The number of carbonyl (C=O) groups is 2. The van der Waals surface area contributed by atoms with Crippen LogP contribution in [-0.2, 0) is 11.2 Å². The summed E-state index contributed by atoms with van der Waals surface area (Å²) in [4.78, 5) is 28.2. The van der Waals surface area contributed by atoms with Crippen LogP contribution in [0.25, 0.3) is 10.9 Å². The van der Waals surface area contributed by atoms with Crippen molar-refractivity contribution in [2.45, 2.75) is 47.0 Å². The van der Waals surface area contributed by atoms with Crippen molar-refractivity contribution < 1.29 is 14.3 Å². The SMILES string of the molecule is CCCC(=O)Cc1ccc(Oc2ccnc3cc(C)c(C(N)=O)cc23)c(C)c1C. The van der Waals surface area contributed by atoms with Crippen LogP contribution in [0.3, 0.4) is 0 Å². The van der Waals surface area contributed by atoms with Gasteiger partial charge in [0.2, 0.25) is 5.91 Å². The molecule has 2 N–H and O–H groups in total. The Bertz CT molecular complexity index is 1100. The van der Waals surface area contributed by atoms with E-state index < -0.39 is 5.91 Å². The number of ether oxygens (including phenoxy) is 1. The second kappa shape index (κ2) is 8.43. The fourth-order valence-electron chi connectivity index (χ4n) is 3.48. The summed E-state index contributed by atoms with van der Waals surface area (Å²) in [6.07, 6.45) is 3.59. The Morgan fingerprint density at radius 3 is 2.48 bits per heavy atom. The van der Waals surface area contributed by atoms with Gasteiger partial charge in [0.25, 0.3) is 0 Å². The van der Waals surface area contributed by atoms with Crippen LogP contribution in [0.1, 0.15) is 52.4 Å².